The van der Waals surface area contributed by atoms with E-state index in [0.29, 0.717) is 18.5 Å². The van der Waals surface area contributed by atoms with Gasteiger partial charge in [0.15, 0.2) is 5.65 Å². The van der Waals surface area contributed by atoms with Crippen molar-refractivity contribution in [2.24, 2.45) is 0 Å². The van der Waals surface area contributed by atoms with E-state index in [-0.39, 0.29) is 18.4 Å². The molecule has 0 radical (unpaired) electrons. The van der Waals surface area contributed by atoms with Crippen molar-refractivity contribution in [1.82, 2.24) is 25.2 Å². The summed E-state index contributed by atoms with van der Waals surface area (Å²) in [6.07, 6.45) is 2.44. The maximum atomic E-state index is 12.1. The summed E-state index contributed by atoms with van der Waals surface area (Å²) in [6, 6.07) is 11.1. The van der Waals surface area contributed by atoms with E-state index in [4.69, 9.17) is 0 Å². The molecule has 2 amide bonds. The van der Waals surface area contributed by atoms with Gasteiger partial charge in [0.25, 0.3) is 5.91 Å². The predicted octanol–water partition coefficient (Wildman–Crippen LogP) is 1.43. The third-order valence-corrected chi connectivity index (χ3v) is 4.23. The van der Waals surface area contributed by atoms with Gasteiger partial charge in [-0.2, -0.15) is 0 Å². The molecule has 2 heterocycles. The van der Waals surface area contributed by atoms with E-state index in [1.54, 1.807) is 6.07 Å². The number of nitrogens with one attached hydrogen (secondary N) is 2. The van der Waals surface area contributed by atoms with E-state index in [1.165, 1.54) is 0 Å². The second-order valence-corrected chi connectivity index (χ2v) is 6.13. The number of fused-ring (bicyclic) bond motifs is 1. The molecule has 2 aromatic heterocycles. The summed E-state index contributed by atoms with van der Waals surface area (Å²) in [7, 11) is 0. The monoisotopic (exact) mass is 351 g/mol. The molecule has 0 unspecified atom stereocenters. The van der Waals surface area contributed by atoms with E-state index in [9.17, 15) is 9.59 Å². The Morgan fingerprint density at radius 3 is 2.69 bits per heavy atom. The van der Waals surface area contributed by atoms with E-state index in [2.05, 4.69) is 20.8 Å². The Bertz CT molecular complexity index is 948. The third kappa shape index (κ3) is 4.05. The molecule has 0 aliphatic heterocycles. The molecule has 7 heteroatoms. The van der Waals surface area contributed by atoms with Gasteiger partial charge in [-0.05, 0) is 49.2 Å². The fraction of sp³-hybridized carbons (Fsp3) is 0.263. The van der Waals surface area contributed by atoms with Crippen LogP contribution in [0.1, 0.15) is 27.3 Å². The minimum absolute atomic E-state index is 0.0632. The van der Waals surface area contributed by atoms with E-state index < -0.39 is 0 Å². The first-order chi connectivity index (χ1) is 12.5. The number of hydrogen-bond acceptors (Lipinski definition) is 4. The molecule has 7 nitrogen and oxygen atoms in total. The SMILES string of the molecule is Cc1ccc(C(=O)NCC(=O)NCCc2nnc3ccccn23)cc1C. The lowest BCUT2D eigenvalue weighted by Crippen LogP contribution is -2.37. The zero-order valence-corrected chi connectivity index (χ0v) is 14.8. The van der Waals surface area contributed by atoms with Crippen molar-refractivity contribution in [3.8, 4) is 0 Å². The van der Waals surface area contributed by atoms with Gasteiger partial charge < -0.3 is 10.6 Å². The molecular weight excluding hydrogens is 330 g/mol. The van der Waals surface area contributed by atoms with Crippen LogP contribution in [0.4, 0.5) is 0 Å². The van der Waals surface area contributed by atoms with Gasteiger partial charge in [-0.1, -0.05) is 12.1 Å². The van der Waals surface area contributed by atoms with Crippen molar-refractivity contribution in [3.05, 3.63) is 65.1 Å². The standard InChI is InChI=1S/C19H21N5O2/c1-13-6-7-15(11-14(13)2)19(26)21-12-18(25)20-9-8-17-23-22-16-5-3-4-10-24(16)17/h3-7,10-11H,8-9,12H2,1-2H3,(H,20,25)(H,21,26). The zero-order valence-electron chi connectivity index (χ0n) is 14.8. The number of pyridine rings is 1. The molecule has 0 atom stereocenters. The summed E-state index contributed by atoms with van der Waals surface area (Å²) in [5.41, 5.74) is 3.49. The molecule has 3 rings (SSSR count). The molecule has 3 aromatic rings. The predicted molar refractivity (Wildman–Crippen MR) is 97.9 cm³/mol. The first kappa shape index (κ1) is 17.6. The van der Waals surface area contributed by atoms with Crippen LogP contribution in [-0.2, 0) is 11.2 Å². The van der Waals surface area contributed by atoms with Crippen molar-refractivity contribution < 1.29 is 9.59 Å². The number of carbonyl (C=O) groups is 2. The summed E-state index contributed by atoms with van der Waals surface area (Å²) < 4.78 is 1.88. The molecule has 2 N–H and O–H groups in total. The Kier molecular flexibility index (Phi) is 5.26. The highest BCUT2D eigenvalue weighted by atomic mass is 16.2. The average Bonchev–Trinajstić information content (AvgIpc) is 3.05. The number of aryl methyl sites for hydroxylation is 2. The van der Waals surface area contributed by atoms with Gasteiger partial charge >= 0.3 is 0 Å². The first-order valence-corrected chi connectivity index (χ1v) is 8.45. The molecule has 0 fully saturated rings. The lowest BCUT2D eigenvalue weighted by Gasteiger charge is -2.08. The van der Waals surface area contributed by atoms with Crippen LogP contribution in [0.3, 0.4) is 0 Å². The maximum absolute atomic E-state index is 12.1. The van der Waals surface area contributed by atoms with Crippen molar-refractivity contribution in [1.29, 1.82) is 0 Å². The highest BCUT2D eigenvalue weighted by Gasteiger charge is 2.09. The van der Waals surface area contributed by atoms with Gasteiger partial charge in [0.1, 0.15) is 5.82 Å². The first-order valence-electron chi connectivity index (χ1n) is 8.45. The highest BCUT2D eigenvalue weighted by Crippen LogP contribution is 2.09. The van der Waals surface area contributed by atoms with Crippen molar-refractivity contribution in [2.45, 2.75) is 20.3 Å². The van der Waals surface area contributed by atoms with Crippen LogP contribution in [0.5, 0.6) is 0 Å². The fourth-order valence-electron chi connectivity index (χ4n) is 2.58. The van der Waals surface area contributed by atoms with Gasteiger partial charge in [-0.3, -0.25) is 14.0 Å². The van der Waals surface area contributed by atoms with Gasteiger partial charge in [-0.25, -0.2) is 0 Å². The molecule has 0 saturated carbocycles. The van der Waals surface area contributed by atoms with Crippen LogP contribution < -0.4 is 10.6 Å². The summed E-state index contributed by atoms with van der Waals surface area (Å²) >= 11 is 0. The number of aromatic nitrogens is 3. The average molecular weight is 351 g/mol. The minimum Gasteiger partial charge on any atom is -0.354 e. The molecule has 1 aromatic carbocycles. The second-order valence-electron chi connectivity index (χ2n) is 6.13. The zero-order chi connectivity index (χ0) is 18.5. The maximum Gasteiger partial charge on any atom is 0.251 e. The molecule has 0 saturated heterocycles. The van der Waals surface area contributed by atoms with Crippen molar-refractivity contribution >= 4 is 17.5 Å². The Balaban J connectivity index is 1.45. The largest absolute Gasteiger partial charge is 0.354 e. The number of rotatable bonds is 6. The topological polar surface area (TPSA) is 88.4 Å². The molecule has 134 valence electrons. The molecule has 0 aliphatic carbocycles. The molecule has 0 bridgehead atoms. The fourth-order valence-corrected chi connectivity index (χ4v) is 2.58. The summed E-state index contributed by atoms with van der Waals surface area (Å²) in [6.45, 7) is 4.30. The third-order valence-electron chi connectivity index (χ3n) is 4.23. The van der Waals surface area contributed by atoms with Crippen LogP contribution in [-0.4, -0.2) is 39.5 Å². The molecule has 0 aliphatic rings. The van der Waals surface area contributed by atoms with E-state index >= 15 is 0 Å². The Morgan fingerprint density at radius 2 is 1.88 bits per heavy atom. The van der Waals surface area contributed by atoms with Crippen LogP contribution in [0.2, 0.25) is 0 Å². The molecule has 0 spiro atoms. The lowest BCUT2D eigenvalue weighted by atomic mass is 10.1. The number of amides is 2. The molecular formula is C19H21N5O2. The number of carbonyl (C=O) groups excluding carboxylic acids is 2. The Hall–Kier alpha value is -3.22. The quantitative estimate of drug-likeness (QED) is 0.703. The Morgan fingerprint density at radius 1 is 1.04 bits per heavy atom. The van der Waals surface area contributed by atoms with E-state index in [0.717, 1.165) is 22.6 Å². The minimum atomic E-state index is -0.258. The number of benzene rings is 1. The van der Waals surface area contributed by atoms with Crippen molar-refractivity contribution in [3.63, 3.8) is 0 Å². The molecule has 26 heavy (non-hydrogen) atoms. The summed E-state index contributed by atoms with van der Waals surface area (Å²) in [5, 5.41) is 13.6. The number of hydrogen-bond donors (Lipinski definition) is 2. The smallest absolute Gasteiger partial charge is 0.251 e. The number of nitrogens with zero attached hydrogens (tertiary/aromatic N) is 3. The van der Waals surface area contributed by atoms with Gasteiger partial charge in [0.2, 0.25) is 5.91 Å². The van der Waals surface area contributed by atoms with Gasteiger partial charge in [0, 0.05) is 24.7 Å². The Labute approximate surface area is 151 Å². The van der Waals surface area contributed by atoms with E-state index in [1.807, 2.05) is 54.8 Å². The normalized spacial score (nSPS) is 10.7. The van der Waals surface area contributed by atoms with Crippen LogP contribution >= 0.6 is 0 Å². The van der Waals surface area contributed by atoms with Crippen LogP contribution in [0.15, 0.2) is 42.6 Å². The van der Waals surface area contributed by atoms with Crippen LogP contribution in [0.25, 0.3) is 5.65 Å². The summed E-state index contributed by atoms with van der Waals surface area (Å²) in [4.78, 5) is 24.0. The van der Waals surface area contributed by atoms with Crippen LogP contribution in [0, 0.1) is 13.8 Å². The second kappa shape index (κ2) is 7.77. The summed E-state index contributed by atoms with van der Waals surface area (Å²) in [5.74, 6) is 0.280. The van der Waals surface area contributed by atoms with Crippen molar-refractivity contribution in [2.75, 3.05) is 13.1 Å². The lowest BCUT2D eigenvalue weighted by molar-refractivity contribution is -0.120. The van der Waals surface area contributed by atoms with Gasteiger partial charge in [-0.15, -0.1) is 10.2 Å². The highest BCUT2D eigenvalue weighted by molar-refractivity contribution is 5.96. The van der Waals surface area contributed by atoms with Gasteiger partial charge in [0.05, 0.1) is 6.54 Å².